The fraction of sp³-hybridized carbons (Fsp3) is 0.562. The molecule has 2 aliphatic rings. The van der Waals surface area contributed by atoms with Crippen LogP contribution in [0.25, 0.3) is 0 Å². The number of carbonyl (C=O) groups excluding carboxylic acids is 1. The van der Waals surface area contributed by atoms with Gasteiger partial charge < -0.3 is 20.7 Å². The average Bonchev–Trinajstić information content (AvgIpc) is 2.87. The minimum atomic E-state index is -0.491. The second-order valence-corrected chi connectivity index (χ2v) is 6.36. The first-order valence-corrected chi connectivity index (χ1v) is 7.53. The molecule has 4 N–H and O–H groups in total. The molecule has 6 nitrogen and oxygen atoms in total. The van der Waals surface area contributed by atoms with Crippen LogP contribution < -0.4 is 10.5 Å². The molecule has 3 rings (SSSR count). The molecule has 1 saturated heterocycles. The van der Waals surface area contributed by atoms with E-state index in [2.05, 4.69) is 4.90 Å². The molecule has 1 saturated carbocycles. The summed E-state index contributed by atoms with van der Waals surface area (Å²) in [5, 5.41) is 18.9. The van der Waals surface area contributed by atoms with Gasteiger partial charge in [-0.05, 0) is 29.5 Å². The first kappa shape index (κ1) is 15.3. The Balaban J connectivity index is 1.55. The Kier molecular flexibility index (Phi) is 4.08. The van der Waals surface area contributed by atoms with Gasteiger partial charge in [-0.1, -0.05) is 12.1 Å². The Morgan fingerprint density at radius 2 is 2.00 bits per heavy atom. The van der Waals surface area contributed by atoms with Gasteiger partial charge in [0, 0.05) is 25.0 Å². The van der Waals surface area contributed by atoms with Gasteiger partial charge in [0.15, 0.2) is 6.61 Å². The summed E-state index contributed by atoms with van der Waals surface area (Å²) in [6.45, 7) is 2.63. The molecule has 1 aromatic carbocycles. The quantitative estimate of drug-likeness (QED) is 0.636. The lowest BCUT2D eigenvalue weighted by Gasteiger charge is -2.24. The number of hydrogen-bond donors (Lipinski definition) is 3. The van der Waals surface area contributed by atoms with Gasteiger partial charge in [-0.2, -0.15) is 0 Å². The van der Waals surface area contributed by atoms with Crippen LogP contribution in [0.1, 0.15) is 5.56 Å². The number of fused-ring (bicyclic) bond motifs is 1. The first-order valence-electron chi connectivity index (χ1n) is 7.53. The van der Waals surface area contributed by atoms with Crippen molar-refractivity contribution in [3.05, 3.63) is 29.8 Å². The molecule has 1 aliphatic heterocycles. The number of rotatable bonds is 7. The van der Waals surface area contributed by atoms with E-state index < -0.39 is 5.91 Å². The number of hydrogen-bond acceptors (Lipinski definition) is 5. The van der Waals surface area contributed by atoms with E-state index in [1.807, 2.05) is 18.2 Å². The molecular formula is C16H22N2O4. The monoisotopic (exact) mass is 306 g/mol. The second kappa shape index (κ2) is 5.87. The number of nitrogens with zero attached hydrogens (tertiary/aromatic N) is 1. The lowest BCUT2D eigenvalue weighted by atomic mass is 10.0. The van der Waals surface area contributed by atoms with E-state index in [1.165, 1.54) is 0 Å². The summed E-state index contributed by atoms with van der Waals surface area (Å²) in [4.78, 5) is 13.1. The molecule has 2 unspecified atom stereocenters. The number of aliphatic hydroxyl groups is 2. The minimum Gasteiger partial charge on any atom is -0.484 e. The van der Waals surface area contributed by atoms with Crippen molar-refractivity contribution in [2.45, 2.75) is 6.54 Å². The standard InChI is InChI=1S/C16H22N2O4/c17-15(21)8-22-12-3-1-2-11(4-12)5-18-6-13-14(7-18)16(13,9-19)10-20/h1-4,13-14,19-20H,5-10H2,(H2,17,21). The van der Waals surface area contributed by atoms with Crippen LogP contribution in [-0.4, -0.2) is 53.9 Å². The van der Waals surface area contributed by atoms with Crippen molar-refractivity contribution in [2.24, 2.45) is 23.0 Å². The van der Waals surface area contributed by atoms with Gasteiger partial charge >= 0.3 is 0 Å². The third-order valence-corrected chi connectivity index (χ3v) is 5.04. The fourth-order valence-corrected chi connectivity index (χ4v) is 3.71. The first-order chi connectivity index (χ1) is 10.6. The van der Waals surface area contributed by atoms with Gasteiger partial charge in [-0.25, -0.2) is 0 Å². The second-order valence-electron chi connectivity index (χ2n) is 6.36. The maximum absolute atomic E-state index is 10.7. The lowest BCUT2D eigenvalue weighted by molar-refractivity contribution is -0.119. The van der Waals surface area contributed by atoms with Crippen LogP contribution >= 0.6 is 0 Å². The summed E-state index contributed by atoms with van der Waals surface area (Å²) in [6, 6.07) is 7.63. The van der Waals surface area contributed by atoms with Gasteiger partial charge in [0.05, 0.1) is 13.2 Å². The van der Waals surface area contributed by atoms with Crippen LogP contribution in [0.4, 0.5) is 0 Å². The predicted octanol–water partition coefficient (Wildman–Crippen LogP) is -0.417. The zero-order valence-corrected chi connectivity index (χ0v) is 12.4. The number of benzene rings is 1. The molecule has 1 aromatic rings. The molecule has 1 heterocycles. The number of primary amides is 1. The third-order valence-electron chi connectivity index (χ3n) is 5.04. The van der Waals surface area contributed by atoms with Gasteiger partial charge in [0.1, 0.15) is 5.75 Å². The summed E-state index contributed by atoms with van der Waals surface area (Å²) in [5.74, 6) is 0.948. The smallest absolute Gasteiger partial charge is 0.255 e. The van der Waals surface area contributed by atoms with Crippen molar-refractivity contribution < 1.29 is 19.7 Å². The van der Waals surface area contributed by atoms with Crippen LogP contribution in [0.3, 0.4) is 0 Å². The Hall–Kier alpha value is -1.63. The number of amides is 1. The van der Waals surface area contributed by atoms with E-state index in [0.29, 0.717) is 17.6 Å². The minimum absolute atomic E-state index is 0.0725. The Morgan fingerprint density at radius 3 is 2.59 bits per heavy atom. The van der Waals surface area contributed by atoms with Gasteiger partial charge in [0.25, 0.3) is 5.91 Å². The highest BCUT2D eigenvalue weighted by atomic mass is 16.5. The molecule has 22 heavy (non-hydrogen) atoms. The van der Waals surface area contributed by atoms with Crippen molar-refractivity contribution in [3.8, 4) is 5.75 Å². The van der Waals surface area contributed by atoms with E-state index in [9.17, 15) is 15.0 Å². The molecule has 1 amide bonds. The molecule has 0 aromatic heterocycles. The SMILES string of the molecule is NC(=O)COc1cccc(CN2CC3C(C2)C3(CO)CO)c1. The van der Waals surface area contributed by atoms with Crippen LogP contribution in [0.15, 0.2) is 24.3 Å². The highest BCUT2D eigenvalue weighted by Crippen LogP contribution is 2.62. The maximum atomic E-state index is 10.7. The molecule has 0 radical (unpaired) electrons. The van der Waals surface area contributed by atoms with Crippen molar-refractivity contribution in [2.75, 3.05) is 32.9 Å². The van der Waals surface area contributed by atoms with E-state index in [4.69, 9.17) is 10.5 Å². The van der Waals surface area contributed by atoms with E-state index in [0.717, 1.165) is 25.2 Å². The molecule has 2 atom stereocenters. The Labute approximate surface area is 129 Å². The largest absolute Gasteiger partial charge is 0.484 e. The van der Waals surface area contributed by atoms with Gasteiger partial charge in [-0.15, -0.1) is 0 Å². The average molecular weight is 306 g/mol. The van der Waals surface area contributed by atoms with Crippen LogP contribution in [-0.2, 0) is 11.3 Å². The highest BCUT2D eigenvalue weighted by molar-refractivity contribution is 5.75. The lowest BCUT2D eigenvalue weighted by Crippen LogP contribution is -2.31. The van der Waals surface area contributed by atoms with Crippen molar-refractivity contribution in [1.29, 1.82) is 0 Å². The summed E-state index contributed by atoms with van der Waals surface area (Å²) < 4.78 is 5.31. The number of carbonyl (C=O) groups is 1. The van der Waals surface area contributed by atoms with Gasteiger partial charge in [0.2, 0.25) is 0 Å². The van der Waals surface area contributed by atoms with Crippen molar-refractivity contribution in [1.82, 2.24) is 4.90 Å². The summed E-state index contributed by atoms with van der Waals surface area (Å²) >= 11 is 0. The number of nitrogens with two attached hydrogens (primary N) is 1. The predicted molar refractivity (Wildman–Crippen MR) is 80.0 cm³/mol. The molecule has 0 spiro atoms. The maximum Gasteiger partial charge on any atom is 0.255 e. The van der Waals surface area contributed by atoms with Crippen LogP contribution in [0.2, 0.25) is 0 Å². The number of aliphatic hydroxyl groups excluding tert-OH is 2. The normalized spacial score (nSPS) is 25.7. The summed E-state index contributed by atoms with van der Waals surface area (Å²) in [7, 11) is 0. The molecular weight excluding hydrogens is 284 g/mol. The van der Waals surface area contributed by atoms with Crippen molar-refractivity contribution in [3.63, 3.8) is 0 Å². The zero-order chi connectivity index (χ0) is 15.7. The van der Waals surface area contributed by atoms with E-state index in [1.54, 1.807) is 6.07 Å². The molecule has 6 heteroatoms. The third kappa shape index (κ3) is 2.69. The molecule has 2 fully saturated rings. The highest BCUT2D eigenvalue weighted by Gasteiger charge is 2.67. The number of piperidine rings is 1. The Bertz CT molecular complexity index is 545. The zero-order valence-electron chi connectivity index (χ0n) is 12.4. The molecule has 120 valence electrons. The van der Waals surface area contributed by atoms with E-state index >= 15 is 0 Å². The molecule has 0 bridgehead atoms. The number of ether oxygens (including phenoxy) is 1. The van der Waals surface area contributed by atoms with Crippen LogP contribution in [0, 0.1) is 17.3 Å². The fourth-order valence-electron chi connectivity index (χ4n) is 3.71. The number of likely N-dealkylation sites (tertiary alicyclic amines) is 1. The van der Waals surface area contributed by atoms with Gasteiger partial charge in [-0.3, -0.25) is 9.69 Å². The van der Waals surface area contributed by atoms with Crippen molar-refractivity contribution >= 4 is 5.91 Å². The Morgan fingerprint density at radius 1 is 1.32 bits per heavy atom. The van der Waals surface area contributed by atoms with E-state index in [-0.39, 0.29) is 25.2 Å². The topological polar surface area (TPSA) is 96.0 Å². The van der Waals surface area contributed by atoms with Crippen LogP contribution in [0.5, 0.6) is 5.75 Å². The molecule has 1 aliphatic carbocycles. The summed E-state index contributed by atoms with van der Waals surface area (Å²) in [6.07, 6.45) is 0. The summed E-state index contributed by atoms with van der Waals surface area (Å²) in [5.41, 5.74) is 5.94.